The number of carbonyl (C=O) groups excluding carboxylic acids is 13. The van der Waals surface area contributed by atoms with Gasteiger partial charge in [0.25, 0.3) is 0 Å². The minimum atomic E-state index is -1.89. The van der Waals surface area contributed by atoms with Crippen LogP contribution in [0.4, 0.5) is 0 Å². The van der Waals surface area contributed by atoms with Gasteiger partial charge in [-0.15, -0.1) is 0 Å². The zero-order valence-corrected chi connectivity index (χ0v) is 58.4. The zero-order chi connectivity index (χ0) is 76.3. The van der Waals surface area contributed by atoms with Crippen LogP contribution < -0.4 is 106 Å². The third-order valence-corrected chi connectivity index (χ3v) is 13.9. The Morgan fingerprint density at radius 1 is 0.284 bits per heavy atom. The first-order valence-electron chi connectivity index (χ1n) is 31.9. The SMILES string of the molecule is COC(=O)CCOC(COCCC(=O)NN)(COCCC(=O)NN)NC(=O)CCOCC(COCCC(=O)NC(COCCC(=O)NN)(COCCC(=O)NN)COCCC(=O)NN)(COCCC(=O)NC(COCCC(=O)NN)(COCCC(=O)NN)COCCC(=O)NN)CC(=O)CCS. The lowest BCUT2D eigenvalue weighted by Crippen LogP contribution is -2.59. The minimum Gasteiger partial charge on any atom is -0.469 e. The number of ketones is 1. The zero-order valence-electron chi connectivity index (χ0n) is 57.6. The van der Waals surface area contributed by atoms with Gasteiger partial charge < -0.3 is 77.5 Å². The number of nitrogens with two attached hydrogens (primary N) is 8. The van der Waals surface area contributed by atoms with Gasteiger partial charge in [-0.1, -0.05) is 0 Å². The lowest BCUT2D eigenvalue weighted by Gasteiger charge is -2.35. The highest BCUT2D eigenvalue weighted by atomic mass is 32.1. The summed E-state index contributed by atoms with van der Waals surface area (Å²) in [4.78, 5) is 164. The standard InChI is InChI=1S/C56H107N19O26S/c1-89-52(88)13-26-101-56(38-99-24-11-50(86)74-63,39-100-25-12-51(87)75-64)67-43(79)4-17-92-31-53(28-40(76)14-27-102,29-90-15-2-41(77)65-54(32-93-18-5-44(80)68-57,33-94-19-6-45(81)69-58)34-95-20-7-46(82)70-59)30-91-16-3-42(78)66-55(35-96-21-8-47(83)71-60,36-97-22-9-48(84)72-61)37-98-23-10-49(85)73-62/h102H,2-39,57-64H2,1H3,(H,65,77)(H,66,78)(H,67,79)(H,68,80)(H,69,81)(H,70,82)(H,71,83)(H,72,84)(H,73,85)(H,74,86)(H,75,87). The van der Waals surface area contributed by atoms with E-state index in [9.17, 15) is 62.3 Å². The lowest BCUT2D eigenvalue weighted by molar-refractivity contribution is -0.171. The summed E-state index contributed by atoms with van der Waals surface area (Å²) in [6, 6.07) is 0. The normalized spacial score (nSPS) is 11.5. The fourth-order valence-electron chi connectivity index (χ4n) is 8.41. The third-order valence-electron chi connectivity index (χ3n) is 13.7. The first-order chi connectivity index (χ1) is 48.8. The number of methoxy groups -OCH3 is 1. The number of hydrogen-bond donors (Lipinski definition) is 20. The summed E-state index contributed by atoms with van der Waals surface area (Å²) in [6.45, 7) is -7.62. The van der Waals surface area contributed by atoms with E-state index in [1.54, 1.807) is 0 Å². The van der Waals surface area contributed by atoms with Crippen LogP contribution in [0, 0.1) is 5.41 Å². The number of thiol groups is 1. The van der Waals surface area contributed by atoms with E-state index in [1.165, 1.54) is 0 Å². The summed E-state index contributed by atoms with van der Waals surface area (Å²) >= 11 is 4.26. The van der Waals surface area contributed by atoms with Crippen LogP contribution in [-0.2, 0) is 124 Å². The second kappa shape index (κ2) is 58.3. The van der Waals surface area contributed by atoms with Gasteiger partial charge in [-0.05, 0) is 5.75 Å². The first kappa shape index (κ1) is 94.9. The predicted molar refractivity (Wildman–Crippen MR) is 354 cm³/mol. The van der Waals surface area contributed by atoms with Crippen LogP contribution in [0.1, 0.15) is 89.9 Å². The molecule has 0 saturated carbocycles. The number of hydrogen-bond acceptors (Lipinski definition) is 35. The van der Waals surface area contributed by atoms with Crippen molar-refractivity contribution in [2.24, 2.45) is 52.2 Å². The lowest BCUT2D eigenvalue weighted by atomic mass is 9.84. The molecule has 0 rings (SSSR count). The largest absolute Gasteiger partial charge is 0.469 e. The molecule has 0 aliphatic rings. The molecule has 0 aromatic carbocycles. The maximum atomic E-state index is 14.1. The summed E-state index contributed by atoms with van der Waals surface area (Å²) in [5, 5.41) is 8.31. The maximum absolute atomic E-state index is 14.1. The number of rotatable bonds is 66. The van der Waals surface area contributed by atoms with Crippen LogP contribution >= 0.6 is 12.6 Å². The maximum Gasteiger partial charge on any atom is 0.307 e. The van der Waals surface area contributed by atoms with Crippen molar-refractivity contribution < 1.29 is 124 Å². The summed E-state index contributed by atoms with van der Waals surface area (Å²) < 4.78 is 75.4. The summed E-state index contributed by atoms with van der Waals surface area (Å²) in [5.74, 6) is 34.1. The minimum absolute atomic E-state index is 0.0774. The molecule has 0 aromatic heterocycles. The van der Waals surface area contributed by atoms with E-state index in [-0.39, 0.29) is 194 Å². The Morgan fingerprint density at radius 2 is 0.510 bits per heavy atom. The number of hydrazine groups is 8. The van der Waals surface area contributed by atoms with Gasteiger partial charge in [-0.25, -0.2) is 46.7 Å². The van der Waals surface area contributed by atoms with Crippen LogP contribution in [0.5, 0.6) is 0 Å². The highest BCUT2D eigenvalue weighted by Gasteiger charge is 2.39. The van der Waals surface area contributed by atoms with Gasteiger partial charge in [-0.2, -0.15) is 12.6 Å². The van der Waals surface area contributed by atoms with Gasteiger partial charge in [-0.3, -0.25) is 106 Å². The average Bonchev–Trinajstić information content (AvgIpc) is 0.871. The first-order valence-corrected chi connectivity index (χ1v) is 32.6. The number of carbonyl (C=O) groups is 13. The molecule has 0 radical (unpaired) electrons. The van der Waals surface area contributed by atoms with Gasteiger partial charge in [0.2, 0.25) is 65.0 Å². The molecule has 0 spiro atoms. The Bertz CT molecular complexity index is 2260. The molecule has 27 N–H and O–H groups in total. The molecule has 0 heterocycles. The molecule has 0 aromatic rings. The fourth-order valence-corrected chi connectivity index (χ4v) is 8.66. The number of amides is 11. The molecule has 0 aliphatic heterocycles. The van der Waals surface area contributed by atoms with Crippen molar-refractivity contribution in [2.45, 2.75) is 107 Å². The van der Waals surface area contributed by atoms with Crippen molar-refractivity contribution in [1.82, 2.24) is 59.4 Å². The van der Waals surface area contributed by atoms with Crippen molar-refractivity contribution in [3.05, 3.63) is 0 Å². The van der Waals surface area contributed by atoms with Crippen molar-refractivity contribution in [3.8, 4) is 0 Å². The van der Waals surface area contributed by atoms with E-state index < -0.39 is 152 Å². The Morgan fingerprint density at radius 3 is 0.745 bits per heavy atom. The Kier molecular flexibility index (Phi) is 54.2. The summed E-state index contributed by atoms with van der Waals surface area (Å²) in [6.07, 6.45) is -3.66. The highest BCUT2D eigenvalue weighted by molar-refractivity contribution is 7.80. The van der Waals surface area contributed by atoms with Gasteiger partial charge in [0.05, 0.1) is 223 Å². The predicted octanol–water partition coefficient (Wildman–Crippen LogP) is -10.3. The van der Waals surface area contributed by atoms with Gasteiger partial charge in [0, 0.05) is 31.1 Å². The number of nitrogens with one attached hydrogen (secondary N) is 11. The topological polar surface area (TPSA) is 682 Å². The highest BCUT2D eigenvalue weighted by Crippen LogP contribution is 2.27. The van der Waals surface area contributed by atoms with Crippen LogP contribution in [0.15, 0.2) is 0 Å². The van der Waals surface area contributed by atoms with Crippen LogP contribution in [-0.4, -0.2) is 258 Å². The van der Waals surface area contributed by atoms with Crippen LogP contribution in [0.25, 0.3) is 0 Å². The number of Topliss-reactive ketones (excluding diaryl/α,β-unsaturated/α-hetero) is 1. The summed E-state index contributed by atoms with van der Waals surface area (Å²) in [5.41, 5.74) is 9.22. The molecule has 0 fully saturated rings. The molecule has 0 bridgehead atoms. The van der Waals surface area contributed by atoms with E-state index in [1.807, 2.05) is 43.4 Å². The third kappa shape index (κ3) is 47.2. The van der Waals surface area contributed by atoms with Crippen molar-refractivity contribution >= 4 is 89.4 Å². The number of esters is 1. The average molecular weight is 1490 g/mol. The van der Waals surface area contributed by atoms with Gasteiger partial charge >= 0.3 is 5.97 Å². The van der Waals surface area contributed by atoms with E-state index in [4.69, 9.17) is 108 Å². The molecule has 0 atom stereocenters. The monoisotopic (exact) mass is 1490 g/mol. The second-order valence-electron chi connectivity index (χ2n) is 22.4. The smallest absolute Gasteiger partial charge is 0.307 e. The molecule has 588 valence electrons. The molecule has 46 heteroatoms. The van der Waals surface area contributed by atoms with E-state index in [0.29, 0.717) is 0 Å². The Labute approximate surface area is 594 Å². The molecule has 11 amide bonds. The van der Waals surface area contributed by atoms with E-state index >= 15 is 0 Å². The molecule has 45 nitrogen and oxygen atoms in total. The number of ether oxygens (including phenoxy) is 13. The Balaban J connectivity index is 7.50. The van der Waals surface area contributed by atoms with Gasteiger partial charge in [0.15, 0.2) is 5.72 Å². The van der Waals surface area contributed by atoms with Gasteiger partial charge in [0.1, 0.15) is 16.9 Å². The van der Waals surface area contributed by atoms with Crippen molar-refractivity contribution in [2.75, 3.05) is 165 Å². The second-order valence-corrected chi connectivity index (χ2v) is 22.9. The van der Waals surface area contributed by atoms with Crippen LogP contribution in [0.2, 0.25) is 0 Å². The Hall–Kier alpha value is -7.14. The summed E-state index contributed by atoms with van der Waals surface area (Å²) in [7, 11) is 1.15. The molecule has 0 saturated heterocycles. The molecular weight excluding hydrogens is 1390 g/mol. The molecule has 0 unspecified atom stereocenters. The fraction of sp³-hybridized carbons (Fsp3) is 0.768. The molecule has 102 heavy (non-hydrogen) atoms. The van der Waals surface area contributed by atoms with E-state index in [0.717, 1.165) is 7.11 Å². The van der Waals surface area contributed by atoms with E-state index in [2.05, 4.69) is 28.6 Å². The molecule has 0 aliphatic carbocycles. The molecular formula is C56H107N19O26S. The van der Waals surface area contributed by atoms with Crippen molar-refractivity contribution in [1.29, 1.82) is 0 Å². The van der Waals surface area contributed by atoms with Crippen LogP contribution in [0.3, 0.4) is 0 Å². The van der Waals surface area contributed by atoms with Crippen molar-refractivity contribution in [3.63, 3.8) is 0 Å². The quantitative estimate of drug-likeness (QED) is 0.00511.